The van der Waals surface area contributed by atoms with Crippen LogP contribution in [0.5, 0.6) is 23.0 Å². The quantitative estimate of drug-likeness (QED) is 0.0308. The summed E-state index contributed by atoms with van der Waals surface area (Å²) in [6.07, 6.45) is 12.3. The van der Waals surface area contributed by atoms with Gasteiger partial charge in [0.25, 0.3) is 5.91 Å². The molecule has 0 aliphatic carbocycles. The van der Waals surface area contributed by atoms with Crippen molar-refractivity contribution in [3.63, 3.8) is 0 Å². The maximum atomic E-state index is 14.1. The molecule has 4 aromatic carbocycles. The van der Waals surface area contributed by atoms with Crippen molar-refractivity contribution < 1.29 is 28.5 Å². The van der Waals surface area contributed by atoms with E-state index in [2.05, 4.69) is 49.6 Å². The topological polar surface area (TPSA) is 119 Å². The van der Waals surface area contributed by atoms with Gasteiger partial charge in [0.2, 0.25) is 6.41 Å². The number of nitrogens with zero attached hydrogens (tertiary/aromatic N) is 4. The van der Waals surface area contributed by atoms with Crippen molar-refractivity contribution in [2.45, 2.75) is 71.9 Å². The minimum absolute atomic E-state index is 0.121. The first-order valence-electron chi connectivity index (χ1n) is 21.1. The van der Waals surface area contributed by atoms with Crippen LogP contribution in [0.25, 0.3) is 11.1 Å². The molecule has 0 spiro atoms. The van der Waals surface area contributed by atoms with E-state index in [-0.39, 0.29) is 18.0 Å². The molecule has 2 heterocycles. The molecule has 0 saturated carbocycles. The Balaban J connectivity index is 1.06. The summed E-state index contributed by atoms with van der Waals surface area (Å²) in [4.78, 5) is 36.6. The van der Waals surface area contributed by atoms with E-state index >= 15 is 0 Å². The molecule has 61 heavy (non-hydrogen) atoms. The summed E-state index contributed by atoms with van der Waals surface area (Å²) >= 11 is 0. The molecule has 2 unspecified atom stereocenters. The van der Waals surface area contributed by atoms with Gasteiger partial charge < -0.3 is 39.4 Å². The van der Waals surface area contributed by atoms with Crippen LogP contribution >= 0.6 is 0 Å². The van der Waals surface area contributed by atoms with Crippen molar-refractivity contribution in [3.05, 3.63) is 126 Å². The minimum Gasteiger partial charge on any atom is -0.493 e. The predicted molar refractivity (Wildman–Crippen MR) is 246 cm³/mol. The van der Waals surface area contributed by atoms with Crippen LogP contribution in [-0.2, 0) is 4.79 Å². The number of methoxy groups -OCH3 is 2. The van der Waals surface area contributed by atoms with Gasteiger partial charge in [-0.1, -0.05) is 44.2 Å². The average Bonchev–Trinajstić information content (AvgIpc) is 3.91. The summed E-state index contributed by atoms with van der Waals surface area (Å²) in [7, 11) is 3.18. The van der Waals surface area contributed by atoms with E-state index in [9.17, 15) is 9.59 Å². The molecule has 2 amide bonds. The molecule has 2 N–H and O–H groups in total. The summed E-state index contributed by atoms with van der Waals surface area (Å²) < 4.78 is 23.7. The van der Waals surface area contributed by atoms with Gasteiger partial charge in [-0.3, -0.25) is 14.6 Å². The number of hydrogen-bond donors (Lipinski definition) is 1. The summed E-state index contributed by atoms with van der Waals surface area (Å²) in [5.74, 6) is 2.04. The number of carbonyl (C=O) groups excluding carboxylic acids is 2. The Labute approximate surface area is 360 Å². The molecule has 2 aliphatic rings. The Morgan fingerprint density at radius 3 is 1.98 bits per heavy atom. The molecule has 0 radical (unpaired) electrons. The molecule has 6 rings (SSSR count). The smallest absolute Gasteiger partial charge is 0.258 e. The fraction of sp³-hybridized carbons (Fsp3) is 0.340. The zero-order chi connectivity index (χ0) is 43.5. The highest BCUT2D eigenvalue weighted by molar-refractivity contribution is 5.99. The molecular formula is C50H59N5O6. The van der Waals surface area contributed by atoms with Gasteiger partial charge in [0.05, 0.1) is 45.2 Å². The molecule has 0 saturated heterocycles. The predicted octanol–water partition coefficient (Wildman–Crippen LogP) is 9.79. The van der Waals surface area contributed by atoms with Crippen LogP contribution in [0.1, 0.15) is 78.6 Å². The third-order valence-corrected chi connectivity index (χ3v) is 11.1. The number of amides is 2. The summed E-state index contributed by atoms with van der Waals surface area (Å²) in [5, 5.41) is 0. The third kappa shape index (κ3) is 10.5. The van der Waals surface area contributed by atoms with Crippen LogP contribution in [0.2, 0.25) is 0 Å². The molecule has 320 valence electrons. The van der Waals surface area contributed by atoms with E-state index in [1.165, 1.54) is 5.69 Å². The van der Waals surface area contributed by atoms with Crippen LogP contribution in [0.3, 0.4) is 0 Å². The van der Waals surface area contributed by atoms with Crippen LogP contribution in [0.15, 0.2) is 103 Å². The van der Waals surface area contributed by atoms with Gasteiger partial charge in [-0.05, 0) is 109 Å². The molecular weight excluding hydrogens is 767 g/mol. The van der Waals surface area contributed by atoms with Gasteiger partial charge in [0, 0.05) is 67.6 Å². The Kier molecular flexibility index (Phi) is 14.9. The van der Waals surface area contributed by atoms with Crippen molar-refractivity contribution in [1.82, 2.24) is 9.80 Å². The molecule has 4 aromatic rings. The zero-order valence-corrected chi connectivity index (χ0v) is 36.4. The highest BCUT2D eigenvalue weighted by Gasteiger charge is 2.30. The molecule has 2 aliphatic heterocycles. The van der Waals surface area contributed by atoms with Crippen LogP contribution < -0.4 is 29.6 Å². The SMILES string of the molecule is C=CC1CC(c2ccc(N(CCC)CCC)cc2)=CN1C(=O)c1cc(OC)c(OCCCOc2cc(N=CC3CC(c4ccc(N)cc4)=CN3C=O)c(C)cc2OC)cc1C. The van der Waals surface area contributed by atoms with Gasteiger partial charge in [-0.25, -0.2) is 0 Å². The lowest BCUT2D eigenvalue weighted by atomic mass is 10.0. The molecule has 0 aromatic heterocycles. The maximum Gasteiger partial charge on any atom is 0.258 e. The van der Waals surface area contributed by atoms with E-state index in [0.717, 1.165) is 65.7 Å². The zero-order valence-electron chi connectivity index (χ0n) is 36.4. The van der Waals surface area contributed by atoms with E-state index < -0.39 is 0 Å². The molecule has 2 atom stereocenters. The standard InChI is InChI=1S/C50H59N5O6/c1-8-20-53(21-9-2)42-18-14-37(15-19-42)39-26-41(10-3)55(32-39)50(57)44-28-47(59-7)48(24-34(44)4)60-22-11-23-61-49-29-45(35(5)25-46(49)58-6)52-30-43-27-38(31-54(43)33-56)36-12-16-40(51)17-13-36/h10,12-19,24-25,28-33,41,43H,3,8-9,11,20-23,26-27,51H2,1-2,4-7H3. The van der Waals surface area contributed by atoms with Crippen molar-refractivity contribution >= 4 is 46.7 Å². The highest BCUT2D eigenvalue weighted by Crippen LogP contribution is 2.38. The van der Waals surface area contributed by atoms with Gasteiger partial charge >= 0.3 is 0 Å². The highest BCUT2D eigenvalue weighted by atomic mass is 16.5. The first-order chi connectivity index (χ1) is 29.6. The molecule has 0 fully saturated rings. The number of aryl methyl sites for hydroxylation is 2. The summed E-state index contributed by atoms with van der Waals surface area (Å²) in [6.45, 7) is 15.1. The number of aliphatic imine (C=N–C) groups is 1. The molecule has 0 bridgehead atoms. The number of nitrogens with two attached hydrogens (primary N) is 1. The van der Waals surface area contributed by atoms with Crippen molar-refractivity contribution in [2.75, 3.05) is 51.2 Å². The maximum absolute atomic E-state index is 14.1. The van der Waals surface area contributed by atoms with Crippen molar-refractivity contribution in [3.8, 4) is 23.0 Å². The average molecular weight is 826 g/mol. The lowest BCUT2D eigenvalue weighted by Gasteiger charge is -2.24. The van der Waals surface area contributed by atoms with E-state index in [4.69, 9.17) is 29.7 Å². The van der Waals surface area contributed by atoms with Gasteiger partial charge in [0.15, 0.2) is 23.0 Å². The second-order valence-corrected chi connectivity index (χ2v) is 15.4. The van der Waals surface area contributed by atoms with E-state index in [0.29, 0.717) is 72.4 Å². The lowest BCUT2D eigenvalue weighted by molar-refractivity contribution is -0.116. The van der Waals surface area contributed by atoms with Gasteiger partial charge in [-0.15, -0.1) is 6.58 Å². The number of benzene rings is 4. The number of anilines is 2. The first-order valence-corrected chi connectivity index (χ1v) is 21.1. The van der Waals surface area contributed by atoms with Gasteiger partial charge in [0.1, 0.15) is 0 Å². The monoisotopic (exact) mass is 825 g/mol. The largest absolute Gasteiger partial charge is 0.493 e. The number of carbonyl (C=O) groups is 2. The Hall–Kier alpha value is -6.49. The third-order valence-electron chi connectivity index (χ3n) is 11.1. The molecule has 11 nitrogen and oxygen atoms in total. The number of rotatable bonds is 20. The van der Waals surface area contributed by atoms with E-state index in [1.807, 2.05) is 74.8 Å². The van der Waals surface area contributed by atoms with Gasteiger partial charge in [-0.2, -0.15) is 0 Å². The second-order valence-electron chi connectivity index (χ2n) is 15.4. The summed E-state index contributed by atoms with van der Waals surface area (Å²) in [5.41, 5.74) is 15.0. The Morgan fingerprint density at radius 1 is 0.803 bits per heavy atom. The summed E-state index contributed by atoms with van der Waals surface area (Å²) in [6, 6.07) is 23.2. The fourth-order valence-corrected chi connectivity index (χ4v) is 7.78. The van der Waals surface area contributed by atoms with Crippen LogP contribution in [-0.4, -0.2) is 80.9 Å². The number of ether oxygens (including phenoxy) is 4. The van der Waals surface area contributed by atoms with Crippen molar-refractivity contribution in [2.24, 2.45) is 4.99 Å². The normalized spacial score (nSPS) is 16.0. The number of nitrogen functional groups attached to an aromatic ring is 1. The Morgan fingerprint density at radius 2 is 1.38 bits per heavy atom. The van der Waals surface area contributed by atoms with E-state index in [1.54, 1.807) is 36.3 Å². The molecule has 11 heteroatoms. The fourth-order valence-electron chi connectivity index (χ4n) is 7.78. The van der Waals surface area contributed by atoms with Crippen molar-refractivity contribution in [1.29, 1.82) is 0 Å². The first kappa shape index (κ1) is 44.1. The van der Waals surface area contributed by atoms with Crippen LogP contribution in [0, 0.1) is 13.8 Å². The van der Waals surface area contributed by atoms with Crippen LogP contribution in [0.4, 0.5) is 17.1 Å². The lowest BCUT2D eigenvalue weighted by Crippen LogP contribution is -2.31. The minimum atomic E-state index is -0.226. The number of hydrogen-bond acceptors (Lipinski definition) is 9. The second kappa shape index (κ2) is 20.7. The Bertz CT molecular complexity index is 2260.